The highest BCUT2D eigenvalue weighted by atomic mass is 79.9. The summed E-state index contributed by atoms with van der Waals surface area (Å²) in [5.41, 5.74) is 0. The van der Waals surface area contributed by atoms with Crippen LogP contribution < -0.4 is 4.74 Å². The highest BCUT2D eigenvalue weighted by molar-refractivity contribution is 9.10. The summed E-state index contributed by atoms with van der Waals surface area (Å²) < 4.78 is 24.1. The van der Waals surface area contributed by atoms with Crippen LogP contribution in [0.25, 0.3) is 0 Å². The molecule has 2 nitrogen and oxygen atoms in total. The van der Waals surface area contributed by atoms with E-state index < -0.39 is 0 Å². The van der Waals surface area contributed by atoms with Gasteiger partial charge in [-0.25, -0.2) is 4.39 Å². The lowest BCUT2D eigenvalue weighted by molar-refractivity contribution is 0.131. The molecule has 0 amide bonds. The molecule has 4 heteroatoms. The van der Waals surface area contributed by atoms with Crippen molar-refractivity contribution >= 4 is 15.9 Å². The van der Waals surface area contributed by atoms with Crippen LogP contribution in [0.1, 0.15) is 13.3 Å². The Morgan fingerprint density at radius 3 is 2.73 bits per heavy atom. The second-order valence-electron chi connectivity index (χ2n) is 3.00. The molecule has 0 unspecified atom stereocenters. The molecule has 0 fully saturated rings. The first-order chi connectivity index (χ1) is 7.22. The van der Waals surface area contributed by atoms with Crippen LogP contribution in [0, 0.1) is 5.82 Å². The van der Waals surface area contributed by atoms with Crippen molar-refractivity contribution in [3.8, 4) is 5.75 Å². The summed E-state index contributed by atoms with van der Waals surface area (Å²) in [4.78, 5) is 0. The Kier molecular flexibility index (Phi) is 5.65. The van der Waals surface area contributed by atoms with E-state index in [2.05, 4.69) is 15.9 Å². The van der Waals surface area contributed by atoms with E-state index in [9.17, 15) is 4.39 Å². The average Bonchev–Trinajstić information content (AvgIpc) is 2.16. The second-order valence-corrected chi connectivity index (χ2v) is 3.92. The van der Waals surface area contributed by atoms with E-state index in [1.807, 2.05) is 6.92 Å². The Bertz CT molecular complexity index is 284. The van der Waals surface area contributed by atoms with E-state index in [0.29, 0.717) is 30.0 Å². The molecule has 15 heavy (non-hydrogen) atoms. The van der Waals surface area contributed by atoms with E-state index in [4.69, 9.17) is 9.47 Å². The fourth-order valence-electron chi connectivity index (χ4n) is 1.11. The van der Waals surface area contributed by atoms with Gasteiger partial charge in [0.2, 0.25) is 0 Å². The fourth-order valence-corrected chi connectivity index (χ4v) is 1.55. The van der Waals surface area contributed by atoms with Crippen molar-refractivity contribution in [1.29, 1.82) is 0 Å². The zero-order chi connectivity index (χ0) is 11.1. The van der Waals surface area contributed by atoms with Crippen LogP contribution in [0.15, 0.2) is 22.7 Å². The standard InChI is InChI=1S/C11H14BrFO2/c1-2-14-4-3-5-15-11-7-9(12)6-10(13)8-11/h6-8H,2-5H2,1H3. The lowest BCUT2D eigenvalue weighted by atomic mass is 10.3. The number of hydrogen-bond acceptors (Lipinski definition) is 2. The minimum atomic E-state index is -0.302. The smallest absolute Gasteiger partial charge is 0.128 e. The third kappa shape index (κ3) is 5.14. The number of hydrogen-bond donors (Lipinski definition) is 0. The van der Waals surface area contributed by atoms with Crippen molar-refractivity contribution < 1.29 is 13.9 Å². The van der Waals surface area contributed by atoms with Crippen molar-refractivity contribution in [1.82, 2.24) is 0 Å². The molecule has 0 aromatic heterocycles. The van der Waals surface area contributed by atoms with Crippen LogP contribution >= 0.6 is 15.9 Å². The third-order valence-electron chi connectivity index (χ3n) is 1.74. The van der Waals surface area contributed by atoms with Crippen LogP contribution in [-0.2, 0) is 4.74 Å². The van der Waals surface area contributed by atoms with Gasteiger partial charge in [0.1, 0.15) is 11.6 Å². The lowest BCUT2D eigenvalue weighted by Crippen LogP contribution is -2.03. The highest BCUT2D eigenvalue weighted by Gasteiger charge is 1.99. The van der Waals surface area contributed by atoms with Crippen LogP contribution in [0.3, 0.4) is 0 Å². The van der Waals surface area contributed by atoms with Gasteiger partial charge in [0, 0.05) is 30.2 Å². The fraction of sp³-hybridized carbons (Fsp3) is 0.455. The summed E-state index contributed by atoms with van der Waals surface area (Å²) in [6.07, 6.45) is 0.808. The molecule has 0 atom stereocenters. The molecule has 1 aromatic rings. The summed E-state index contributed by atoms with van der Waals surface area (Å²) in [5, 5.41) is 0. The van der Waals surface area contributed by atoms with E-state index in [1.165, 1.54) is 12.1 Å². The molecule has 84 valence electrons. The zero-order valence-corrected chi connectivity index (χ0v) is 10.2. The van der Waals surface area contributed by atoms with E-state index >= 15 is 0 Å². The largest absolute Gasteiger partial charge is 0.493 e. The predicted octanol–water partition coefficient (Wildman–Crippen LogP) is 3.39. The molecular formula is C11H14BrFO2. The van der Waals surface area contributed by atoms with Gasteiger partial charge in [-0.2, -0.15) is 0 Å². The first-order valence-corrected chi connectivity index (χ1v) is 5.68. The first kappa shape index (κ1) is 12.5. The minimum absolute atomic E-state index is 0.302. The van der Waals surface area contributed by atoms with Crippen LogP contribution in [0.2, 0.25) is 0 Å². The Balaban J connectivity index is 2.31. The Hall–Kier alpha value is -0.610. The van der Waals surface area contributed by atoms with Crippen LogP contribution in [0.4, 0.5) is 4.39 Å². The molecule has 0 saturated carbocycles. The van der Waals surface area contributed by atoms with E-state index in [-0.39, 0.29) is 5.82 Å². The summed E-state index contributed by atoms with van der Waals surface area (Å²) in [7, 11) is 0. The van der Waals surface area contributed by atoms with Crippen LogP contribution in [-0.4, -0.2) is 19.8 Å². The summed E-state index contributed by atoms with van der Waals surface area (Å²) in [6, 6.07) is 4.50. The SMILES string of the molecule is CCOCCCOc1cc(F)cc(Br)c1. The average molecular weight is 277 g/mol. The second kappa shape index (κ2) is 6.80. The quantitative estimate of drug-likeness (QED) is 0.742. The molecule has 0 N–H and O–H groups in total. The van der Waals surface area contributed by atoms with Crippen molar-refractivity contribution in [2.24, 2.45) is 0 Å². The van der Waals surface area contributed by atoms with Gasteiger partial charge in [-0.3, -0.25) is 0 Å². The van der Waals surface area contributed by atoms with Gasteiger partial charge in [0.05, 0.1) is 6.61 Å². The van der Waals surface area contributed by atoms with Crippen molar-refractivity contribution in [3.63, 3.8) is 0 Å². The topological polar surface area (TPSA) is 18.5 Å². The van der Waals surface area contributed by atoms with Gasteiger partial charge in [-0.1, -0.05) is 15.9 Å². The van der Waals surface area contributed by atoms with Gasteiger partial charge >= 0.3 is 0 Å². The monoisotopic (exact) mass is 276 g/mol. The molecule has 1 aromatic carbocycles. The molecule has 1 rings (SSSR count). The molecule has 0 radical (unpaired) electrons. The van der Waals surface area contributed by atoms with Crippen molar-refractivity contribution in [3.05, 3.63) is 28.5 Å². The Morgan fingerprint density at radius 2 is 2.07 bits per heavy atom. The number of rotatable bonds is 6. The maximum absolute atomic E-state index is 12.9. The Morgan fingerprint density at radius 1 is 1.27 bits per heavy atom. The normalized spacial score (nSPS) is 10.3. The predicted molar refractivity (Wildman–Crippen MR) is 60.7 cm³/mol. The maximum Gasteiger partial charge on any atom is 0.128 e. The van der Waals surface area contributed by atoms with E-state index in [0.717, 1.165) is 6.42 Å². The minimum Gasteiger partial charge on any atom is -0.493 e. The summed E-state index contributed by atoms with van der Waals surface area (Å²) in [5.74, 6) is 0.238. The Labute approximate surface area is 97.5 Å². The number of benzene rings is 1. The van der Waals surface area contributed by atoms with Gasteiger partial charge in [0.15, 0.2) is 0 Å². The molecule has 0 aliphatic carbocycles. The molecule has 0 aliphatic rings. The lowest BCUT2D eigenvalue weighted by Gasteiger charge is -2.06. The molecule has 0 saturated heterocycles. The number of ether oxygens (including phenoxy) is 2. The number of halogens is 2. The van der Waals surface area contributed by atoms with Crippen molar-refractivity contribution in [2.75, 3.05) is 19.8 Å². The maximum atomic E-state index is 12.9. The first-order valence-electron chi connectivity index (χ1n) is 4.89. The molecule has 0 aliphatic heterocycles. The van der Waals surface area contributed by atoms with Crippen LogP contribution in [0.5, 0.6) is 5.75 Å². The molecule has 0 bridgehead atoms. The zero-order valence-electron chi connectivity index (χ0n) is 8.63. The van der Waals surface area contributed by atoms with E-state index in [1.54, 1.807) is 6.07 Å². The van der Waals surface area contributed by atoms with Gasteiger partial charge in [0.25, 0.3) is 0 Å². The molecule has 0 heterocycles. The van der Waals surface area contributed by atoms with Gasteiger partial charge in [-0.15, -0.1) is 0 Å². The third-order valence-corrected chi connectivity index (χ3v) is 2.20. The molecule has 0 spiro atoms. The van der Waals surface area contributed by atoms with Crippen molar-refractivity contribution in [2.45, 2.75) is 13.3 Å². The summed E-state index contributed by atoms with van der Waals surface area (Å²) in [6.45, 7) is 3.87. The molecular weight excluding hydrogens is 263 g/mol. The van der Waals surface area contributed by atoms with Gasteiger partial charge < -0.3 is 9.47 Å². The van der Waals surface area contributed by atoms with Gasteiger partial charge in [-0.05, 0) is 19.1 Å². The highest BCUT2D eigenvalue weighted by Crippen LogP contribution is 2.20. The summed E-state index contributed by atoms with van der Waals surface area (Å²) >= 11 is 3.20.